The van der Waals surface area contributed by atoms with Crippen molar-refractivity contribution in [1.82, 2.24) is 0 Å². The van der Waals surface area contributed by atoms with Crippen molar-refractivity contribution in [2.24, 2.45) is 0 Å². The molecule has 94 valence electrons. The number of methoxy groups -OCH3 is 1. The lowest BCUT2D eigenvalue weighted by atomic mass is 10.1. The Kier molecular flexibility index (Phi) is 3.71. The van der Waals surface area contributed by atoms with Gasteiger partial charge in [0.25, 0.3) is 0 Å². The number of hydrogen-bond donors (Lipinski definition) is 0. The van der Waals surface area contributed by atoms with Crippen molar-refractivity contribution in [3.63, 3.8) is 0 Å². The summed E-state index contributed by atoms with van der Waals surface area (Å²) < 4.78 is 22.8. The zero-order valence-electron chi connectivity index (χ0n) is 10.5. The Morgan fingerprint density at radius 2 is 1.94 bits per heavy atom. The Morgan fingerprint density at radius 1 is 1.25 bits per heavy atom. The maximum absolute atomic E-state index is 5.86. The quantitative estimate of drug-likeness (QED) is 0.546. The highest BCUT2D eigenvalue weighted by molar-refractivity contribution is 6.70. The molecule has 2 fully saturated rings. The number of epoxide rings is 1. The molecule has 0 bridgehead atoms. The van der Waals surface area contributed by atoms with Crippen molar-refractivity contribution in [3.05, 3.63) is 0 Å². The van der Waals surface area contributed by atoms with Crippen LogP contribution < -0.4 is 0 Å². The molecule has 0 radical (unpaired) electrons. The molecule has 2 heterocycles. The van der Waals surface area contributed by atoms with Gasteiger partial charge in [0.2, 0.25) is 0 Å². The smallest absolute Gasteiger partial charge is 0.370 e. The van der Waals surface area contributed by atoms with E-state index in [1.165, 1.54) is 12.8 Å². The fraction of sp³-hybridized carbons (Fsp3) is 1.00. The summed E-state index contributed by atoms with van der Waals surface area (Å²) in [6.45, 7) is 0.864. The van der Waals surface area contributed by atoms with E-state index in [-0.39, 0.29) is 5.22 Å². The second kappa shape index (κ2) is 4.74. The first-order chi connectivity index (χ1) is 7.72. The molecule has 5 heteroatoms. The van der Waals surface area contributed by atoms with Gasteiger partial charge in [-0.3, -0.25) is 0 Å². The average molecular weight is 246 g/mol. The summed E-state index contributed by atoms with van der Waals surface area (Å²) in [5.41, 5.74) is 0. The van der Waals surface area contributed by atoms with Crippen molar-refractivity contribution in [1.29, 1.82) is 0 Å². The lowest BCUT2D eigenvalue weighted by Gasteiger charge is -2.47. The van der Waals surface area contributed by atoms with Crippen molar-refractivity contribution in [2.75, 3.05) is 27.9 Å². The Balaban J connectivity index is 2.21. The fourth-order valence-corrected chi connectivity index (χ4v) is 6.90. The minimum absolute atomic E-state index is 0.212. The lowest BCUT2D eigenvalue weighted by molar-refractivity contribution is -0.0188. The van der Waals surface area contributed by atoms with E-state index in [1.54, 1.807) is 21.3 Å². The summed E-state index contributed by atoms with van der Waals surface area (Å²) in [6.07, 6.45) is 4.71. The zero-order chi connectivity index (χ0) is 11.6. The van der Waals surface area contributed by atoms with Crippen molar-refractivity contribution in [2.45, 2.75) is 43.1 Å². The molecule has 0 aromatic carbocycles. The topological polar surface area (TPSA) is 40.2 Å². The van der Waals surface area contributed by atoms with Gasteiger partial charge >= 0.3 is 8.56 Å². The van der Waals surface area contributed by atoms with Crippen LogP contribution in [0.15, 0.2) is 0 Å². The third-order valence-corrected chi connectivity index (χ3v) is 8.42. The molecule has 2 aliphatic heterocycles. The Bertz CT molecular complexity index is 240. The van der Waals surface area contributed by atoms with Crippen LogP contribution in [0.1, 0.15) is 25.7 Å². The van der Waals surface area contributed by atoms with Crippen LogP contribution in [-0.2, 0) is 18.3 Å². The molecule has 2 aliphatic rings. The van der Waals surface area contributed by atoms with E-state index in [4.69, 9.17) is 18.3 Å². The van der Waals surface area contributed by atoms with Gasteiger partial charge in [-0.15, -0.1) is 0 Å². The molecule has 2 atom stereocenters. The standard InChI is InChI=1S/C11H22O4Si/c1-12-11(8-10-9-15-10)6-4-5-7-16(11,13-2)14-3/h10H,4-9H2,1-3H3. The highest BCUT2D eigenvalue weighted by Gasteiger charge is 2.60. The Hall–Kier alpha value is 0.0569. The molecule has 2 saturated heterocycles. The average Bonchev–Trinajstić information content (AvgIpc) is 3.13. The normalized spacial score (nSPS) is 37.3. The van der Waals surface area contributed by atoms with Gasteiger partial charge in [0.1, 0.15) is 5.22 Å². The maximum atomic E-state index is 5.86. The Morgan fingerprint density at radius 3 is 2.44 bits per heavy atom. The molecular formula is C11H22O4Si. The van der Waals surface area contributed by atoms with Crippen LogP contribution in [0.5, 0.6) is 0 Å². The van der Waals surface area contributed by atoms with Gasteiger partial charge in [-0.25, -0.2) is 0 Å². The van der Waals surface area contributed by atoms with Gasteiger partial charge in [-0.1, -0.05) is 12.8 Å². The van der Waals surface area contributed by atoms with E-state index < -0.39 is 8.56 Å². The van der Waals surface area contributed by atoms with E-state index in [1.807, 2.05) is 0 Å². The minimum Gasteiger partial charge on any atom is -0.396 e. The first-order valence-corrected chi connectivity index (χ1v) is 8.01. The van der Waals surface area contributed by atoms with Gasteiger partial charge in [0, 0.05) is 27.8 Å². The Labute approximate surface area is 98.5 Å². The highest BCUT2D eigenvalue weighted by Crippen LogP contribution is 2.44. The molecular weight excluding hydrogens is 224 g/mol. The van der Waals surface area contributed by atoms with Gasteiger partial charge in [0.05, 0.1) is 12.7 Å². The minimum atomic E-state index is -2.24. The predicted molar refractivity (Wildman–Crippen MR) is 62.5 cm³/mol. The largest absolute Gasteiger partial charge is 0.396 e. The van der Waals surface area contributed by atoms with Crippen LogP contribution in [0.3, 0.4) is 0 Å². The van der Waals surface area contributed by atoms with Crippen molar-refractivity contribution >= 4 is 8.56 Å². The summed E-state index contributed by atoms with van der Waals surface area (Å²) >= 11 is 0. The van der Waals surface area contributed by atoms with Crippen LogP contribution in [0.2, 0.25) is 6.04 Å². The zero-order valence-corrected chi connectivity index (χ0v) is 11.5. The molecule has 2 unspecified atom stereocenters. The van der Waals surface area contributed by atoms with Crippen LogP contribution in [0, 0.1) is 0 Å². The molecule has 0 aliphatic carbocycles. The van der Waals surface area contributed by atoms with Gasteiger partial charge in [-0.2, -0.15) is 0 Å². The first-order valence-electron chi connectivity index (χ1n) is 5.99. The molecule has 0 amide bonds. The summed E-state index contributed by atoms with van der Waals surface area (Å²) in [7, 11) is 3.08. The molecule has 0 aromatic heterocycles. The van der Waals surface area contributed by atoms with Gasteiger partial charge in [-0.05, 0) is 12.5 Å². The molecule has 2 rings (SSSR count). The molecule has 0 saturated carbocycles. The SMILES string of the molecule is COC1(CC2CO2)CCCC[Si]1(OC)OC. The molecule has 0 aromatic rings. The van der Waals surface area contributed by atoms with Crippen LogP contribution >= 0.6 is 0 Å². The van der Waals surface area contributed by atoms with E-state index in [0.29, 0.717) is 6.10 Å². The number of hydrogen-bond acceptors (Lipinski definition) is 4. The summed E-state index contributed by atoms with van der Waals surface area (Å²) in [4.78, 5) is 0. The van der Waals surface area contributed by atoms with Gasteiger partial charge < -0.3 is 18.3 Å². The molecule has 16 heavy (non-hydrogen) atoms. The lowest BCUT2D eigenvalue weighted by Crippen LogP contribution is -2.65. The van der Waals surface area contributed by atoms with Crippen LogP contribution in [-0.4, -0.2) is 47.8 Å². The van der Waals surface area contributed by atoms with Crippen molar-refractivity contribution < 1.29 is 18.3 Å². The van der Waals surface area contributed by atoms with Crippen LogP contribution in [0.25, 0.3) is 0 Å². The summed E-state index contributed by atoms with van der Waals surface area (Å²) in [6, 6.07) is 1.03. The first kappa shape index (κ1) is 12.5. The number of ether oxygens (including phenoxy) is 2. The van der Waals surface area contributed by atoms with Crippen molar-refractivity contribution in [3.8, 4) is 0 Å². The maximum Gasteiger partial charge on any atom is 0.370 e. The monoisotopic (exact) mass is 246 g/mol. The van der Waals surface area contributed by atoms with Gasteiger partial charge in [0.15, 0.2) is 0 Å². The highest BCUT2D eigenvalue weighted by atomic mass is 28.4. The summed E-state index contributed by atoms with van der Waals surface area (Å²) in [5.74, 6) is 0. The predicted octanol–water partition coefficient (Wildman–Crippen LogP) is 1.62. The summed E-state index contributed by atoms with van der Waals surface area (Å²) in [5, 5.41) is -0.212. The molecule has 4 nitrogen and oxygen atoms in total. The second-order valence-corrected chi connectivity index (χ2v) is 8.46. The van der Waals surface area contributed by atoms with E-state index >= 15 is 0 Å². The number of rotatable bonds is 5. The van der Waals surface area contributed by atoms with Crippen LogP contribution in [0.4, 0.5) is 0 Å². The van der Waals surface area contributed by atoms with E-state index in [2.05, 4.69) is 0 Å². The van der Waals surface area contributed by atoms with E-state index in [0.717, 1.165) is 25.5 Å². The third-order valence-electron chi connectivity index (χ3n) is 4.04. The third kappa shape index (κ3) is 1.95. The molecule has 0 spiro atoms. The van der Waals surface area contributed by atoms with E-state index in [9.17, 15) is 0 Å². The fourth-order valence-electron chi connectivity index (χ4n) is 3.00. The second-order valence-electron chi connectivity index (χ2n) is 4.73. The molecule has 0 N–H and O–H groups in total.